The van der Waals surface area contributed by atoms with Gasteiger partial charge < -0.3 is 9.64 Å². The first-order valence-electron chi connectivity index (χ1n) is 7.41. The molecular weight excluding hydrogens is 270 g/mol. The Morgan fingerprint density at radius 3 is 2.45 bits per heavy atom. The van der Waals surface area contributed by atoms with Crippen LogP contribution in [0.25, 0.3) is 5.57 Å². The molecule has 1 aliphatic rings. The zero-order chi connectivity index (χ0) is 14.7. The molecule has 1 aliphatic heterocycles. The van der Waals surface area contributed by atoms with Gasteiger partial charge in [0.05, 0.1) is 0 Å². The number of nitrogens with zero attached hydrogens (tertiary/aromatic N) is 1. The van der Waals surface area contributed by atoms with Crippen LogP contribution in [0.15, 0.2) is 54.6 Å². The van der Waals surface area contributed by atoms with E-state index >= 15 is 0 Å². The first-order chi connectivity index (χ1) is 10.3. The Morgan fingerprint density at radius 1 is 1.00 bits per heavy atom. The molecule has 0 radical (unpaired) electrons. The van der Waals surface area contributed by atoms with Crippen LogP contribution < -0.4 is 4.74 Å². The van der Waals surface area contributed by atoms with Gasteiger partial charge in [0.25, 0.3) is 0 Å². The summed E-state index contributed by atoms with van der Waals surface area (Å²) in [5, 5.41) is 0. The maximum atomic E-state index is 5.98. The van der Waals surface area contributed by atoms with Crippen molar-refractivity contribution in [1.82, 2.24) is 4.90 Å². The van der Waals surface area contributed by atoms with Gasteiger partial charge in [0, 0.05) is 12.1 Å². The van der Waals surface area contributed by atoms with Gasteiger partial charge in [-0.05, 0) is 43.3 Å². The molecule has 2 aromatic rings. The maximum absolute atomic E-state index is 5.98. The fraction of sp³-hybridized carbons (Fsp3) is 0.300. The molecule has 0 bridgehead atoms. The lowest BCUT2D eigenvalue weighted by atomic mass is 9.93. The molecule has 0 aliphatic carbocycles. The Morgan fingerprint density at radius 2 is 1.68 bits per heavy atom. The zero-order valence-electron chi connectivity index (χ0n) is 12.7. The Balaban J connectivity index is 0.00000176. The standard InChI is InChI=1S/C19H21NO.CH4/c1-20(2)13-7-11-17-16-9-4-3-8-15(16)14-21-19-12-6-5-10-18(17)19;/h3-6,8-12H,7,13-14H2,1-2H3;1H4/b17-11-;. The highest BCUT2D eigenvalue weighted by Gasteiger charge is 2.17. The van der Waals surface area contributed by atoms with E-state index in [1.165, 1.54) is 22.3 Å². The van der Waals surface area contributed by atoms with Crippen LogP contribution in [0.5, 0.6) is 5.75 Å². The molecule has 0 N–H and O–H groups in total. The second kappa shape index (κ2) is 7.28. The van der Waals surface area contributed by atoms with E-state index < -0.39 is 0 Å². The second-order valence-electron chi connectivity index (χ2n) is 5.65. The lowest BCUT2D eigenvalue weighted by Crippen LogP contribution is -2.12. The van der Waals surface area contributed by atoms with Crippen molar-refractivity contribution in [1.29, 1.82) is 0 Å². The molecule has 0 aromatic heterocycles. The largest absolute Gasteiger partial charge is 0.488 e. The maximum Gasteiger partial charge on any atom is 0.127 e. The summed E-state index contributed by atoms with van der Waals surface area (Å²) in [6.45, 7) is 1.69. The van der Waals surface area contributed by atoms with Crippen molar-refractivity contribution in [2.24, 2.45) is 0 Å². The minimum absolute atomic E-state index is 0. The smallest absolute Gasteiger partial charge is 0.127 e. The minimum atomic E-state index is 0. The van der Waals surface area contributed by atoms with Crippen LogP contribution in [0, 0.1) is 0 Å². The van der Waals surface area contributed by atoms with Crippen molar-refractivity contribution in [3.05, 3.63) is 71.3 Å². The molecule has 2 aromatic carbocycles. The highest BCUT2D eigenvalue weighted by atomic mass is 16.5. The first kappa shape index (κ1) is 16.3. The Labute approximate surface area is 134 Å². The Kier molecular flexibility index (Phi) is 5.40. The molecule has 0 spiro atoms. The average molecular weight is 295 g/mol. The van der Waals surface area contributed by atoms with E-state index in [9.17, 15) is 0 Å². The minimum Gasteiger partial charge on any atom is -0.488 e. The van der Waals surface area contributed by atoms with Gasteiger partial charge >= 0.3 is 0 Å². The summed E-state index contributed by atoms with van der Waals surface area (Å²) in [5.74, 6) is 0.977. The molecule has 2 heteroatoms. The van der Waals surface area contributed by atoms with E-state index in [-0.39, 0.29) is 7.43 Å². The van der Waals surface area contributed by atoms with Crippen LogP contribution >= 0.6 is 0 Å². The SMILES string of the molecule is C.CN(C)CC/C=C1/c2ccccc2COc2ccccc21. The predicted molar refractivity (Wildman–Crippen MR) is 94.2 cm³/mol. The molecule has 116 valence electrons. The third-order valence-corrected chi connectivity index (χ3v) is 3.79. The van der Waals surface area contributed by atoms with Crippen LogP contribution in [-0.2, 0) is 6.61 Å². The molecule has 0 amide bonds. The fourth-order valence-corrected chi connectivity index (χ4v) is 2.71. The quantitative estimate of drug-likeness (QED) is 0.820. The van der Waals surface area contributed by atoms with Crippen molar-refractivity contribution in [3.63, 3.8) is 0 Å². The number of ether oxygens (including phenoxy) is 1. The molecule has 0 atom stereocenters. The van der Waals surface area contributed by atoms with Gasteiger partial charge in [0.2, 0.25) is 0 Å². The monoisotopic (exact) mass is 295 g/mol. The molecular formula is C20H25NO. The molecule has 3 rings (SSSR count). The Hall–Kier alpha value is -2.06. The third-order valence-electron chi connectivity index (χ3n) is 3.79. The molecule has 0 fully saturated rings. The van der Waals surface area contributed by atoms with Gasteiger partial charge in [-0.2, -0.15) is 0 Å². The summed E-state index contributed by atoms with van der Waals surface area (Å²) in [7, 11) is 4.22. The normalized spacial score (nSPS) is 14.6. The molecule has 0 saturated carbocycles. The Bertz CT molecular complexity index is 609. The van der Waals surface area contributed by atoms with Crippen molar-refractivity contribution in [2.75, 3.05) is 20.6 Å². The summed E-state index contributed by atoms with van der Waals surface area (Å²) in [6, 6.07) is 16.9. The van der Waals surface area contributed by atoms with E-state index in [1.807, 2.05) is 6.07 Å². The number of rotatable bonds is 3. The summed E-state index contributed by atoms with van der Waals surface area (Å²) in [5.41, 5.74) is 5.03. The fourth-order valence-electron chi connectivity index (χ4n) is 2.71. The van der Waals surface area contributed by atoms with Crippen molar-refractivity contribution in [2.45, 2.75) is 20.5 Å². The third kappa shape index (κ3) is 3.40. The first-order valence-corrected chi connectivity index (χ1v) is 7.41. The van der Waals surface area contributed by atoms with Crippen LogP contribution in [-0.4, -0.2) is 25.5 Å². The van der Waals surface area contributed by atoms with E-state index in [1.54, 1.807) is 0 Å². The lowest BCUT2D eigenvalue weighted by molar-refractivity contribution is 0.307. The molecule has 1 heterocycles. The molecule has 0 saturated heterocycles. The summed E-state index contributed by atoms with van der Waals surface area (Å²) >= 11 is 0. The van der Waals surface area contributed by atoms with E-state index in [2.05, 4.69) is 67.5 Å². The highest BCUT2D eigenvalue weighted by Crippen LogP contribution is 2.36. The molecule has 0 unspecified atom stereocenters. The zero-order valence-corrected chi connectivity index (χ0v) is 12.7. The second-order valence-corrected chi connectivity index (χ2v) is 5.65. The van der Waals surface area contributed by atoms with Gasteiger partial charge in [-0.1, -0.05) is 56.0 Å². The van der Waals surface area contributed by atoms with Gasteiger partial charge in [0.1, 0.15) is 12.4 Å². The van der Waals surface area contributed by atoms with Crippen molar-refractivity contribution >= 4 is 5.57 Å². The number of hydrogen-bond donors (Lipinski definition) is 0. The summed E-state index contributed by atoms with van der Waals surface area (Å²) in [4.78, 5) is 2.21. The topological polar surface area (TPSA) is 12.5 Å². The van der Waals surface area contributed by atoms with Crippen molar-refractivity contribution in [3.8, 4) is 5.75 Å². The van der Waals surface area contributed by atoms with Gasteiger partial charge in [0.15, 0.2) is 0 Å². The van der Waals surface area contributed by atoms with E-state index in [0.717, 1.165) is 18.7 Å². The molecule has 22 heavy (non-hydrogen) atoms. The van der Waals surface area contributed by atoms with Crippen molar-refractivity contribution < 1.29 is 4.74 Å². The summed E-state index contributed by atoms with van der Waals surface area (Å²) < 4.78 is 5.98. The average Bonchev–Trinajstić information content (AvgIpc) is 2.65. The van der Waals surface area contributed by atoms with Crippen LogP contribution in [0.1, 0.15) is 30.5 Å². The van der Waals surface area contributed by atoms with Crippen LogP contribution in [0.4, 0.5) is 0 Å². The number of para-hydroxylation sites is 1. The number of fused-ring (bicyclic) bond motifs is 2. The number of hydrogen-bond acceptors (Lipinski definition) is 2. The van der Waals surface area contributed by atoms with Gasteiger partial charge in [-0.3, -0.25) is 0 Å². The highest BCUT2D eigenvalue weighted by molar-refractivity contribution is 5.84. The van der Waals surface area contributed by atoms with E-state index in [4.69, 9.17) is 4.74 Å². The lowest BCUT2D eigenvalue weighted by Gasteiger charge is -2.12. The van der Waals surface area contributed by atoms with Gasteiger partial charge in [-0.25, -0.2) is 0 Å². The number of benzene rings is 2. The summed E-state index contributed by atoms with van der Waals surface area (Å²) in [6.07, 6.45) is 3.37. The van der Waals surface area contributed by atoms with Gasteiger partial charge in [-0.15, -0.1) is 0 Å². The van der Waals surface area contributed by atoms with E-state index in [0.29, 0.717) is 6.61 Å². The van der Waals surface area contributed by atoms with Crippen LogP contribution in [0.2, 0.25) is 0 Å². The molecule has 2 nitrogen and oxygen atoms in total. The predicted octanol–water partition coefficient (Wildman–Crippen LogP) is 4.60. The van der Waals surface area contributed by atoms with Crippen LogP contribution in [0.3, 0.4) is 0 Å².